The van der Waals surface area contributed by atoms with Gasteiger partial charge in [0.05, 0.1) is 13.1 Å². The monoisotopic (exact) mass is 341 g/mol. The van der Waals surface area contributed by atoms with Gasteiger partial charge in [0.2, 0.25) is 5.91 Å². The van der Waals surface area contributed by atoms with E-state index in [0.29, 0.717) is 19.7 Å². The van der Waals surface area contributed by atoms with Crippen molar-refractivity contribution < 1.29 is 9.53 Å². The van der Waals surface area contributed by atoms with Gasteiger partial charge in [0, 0.05) is 0 Å². The van der Waals surface area contributed by atoms with Crippen LogP contribution in [0.4, 0.5) is 0 Å². The fourth-order valence-electron chi connectivity index (χ4n) is 2.77. The fourth-order valence-corrected chi connectivity index (χ4v) is 2.77. The van der Waals surface area contributed by atoms with Crippen molar-refractivity contribution in [1.82, 2.24) is 15.5 Å². The lowest BCUT2D eigenvalue weighted by Gasteiger charge is -2.31. The molecule has 1 aromatic rings. The van der Waals surface area contributed by atoms with Gasteiger partial charge in [-0.15, -0.1) is 12.4 Å². The van der Waals surface area contributed by atoms with Crippen LogP contribution in [0.3, 0.4) is 0 Å². The van der Waals surface area contributed by atoms with E-state index in [1.54, 1.807) is 0 Å². The number of hydrogen-bond acceptors (Lipinski definition) is 4. The van der Waals surface area contributed by atoms with E-state index in [1.165, 1.54) is 12.8 Å². The molecule has 6 heteroatoms. The third kappa shape index (κ3) is 7.68. The fraction of sp³-hybridized carbons (Fsp3) is 0.588. The van der Waals surface area contributed by atoms with Gasteiger partial charge in [-0.25, -0.2) is 0 Å². The van der Waals surface area contributed by atoms with Crippen LogP contribution in [0.25, 0.3) is 0 Å². The van der Waals surface area contributed by atoms with E-state index in [2.05, 4.69) is 15.5 Å². The third-order valence-corrected chi connectivity index (χ3v) is 4.00. The van der Waals surface area contributed by atoms with Gasteiger partial charge >= 0.3 is 0 Å². The lowest BCUT2D eigenvalue weighted by molar-refractivity contribution is -0.122. The minimum absolute atomic E-state index is 0. The van der Waals surface area contributed by atoms with Gasteiger partial charge in [0.25, 0.3) is 0 Å². The lowest BCUT2D eigenvalue weighted by atomic mass is 9.97. The second-order valence-electron chi connectivity index (χ2n) is 5.79. The molecule has 5 nitrogen and oxygen atoms in total. The van der Waals surface area contributed by atoms with Gasteiger partial charge in [-0.05, 0) is 57.6 Å². The summed E-state index contributed by atoms with van der Waals surface area (Å²) in [4.78, 5) is 14.1. The summed E-state index contributed by atoms with van der Waals surface area (Å²) in [6.07, 6.45) is 2.34. The molecule has 1 aliphatic heterocycles. The number of carbonyl (C=O) groups excluding carboxylic acids is 1. The number of ether oxygens (including phenoxy) is 1. The predicted molar refractivity (Wildman–Crippen MR) is 95.3 cm³/mol. The maximum atomic E-state index is 11.9. The molecule has 0 unspecified atom stereocenters. The molecule has 0 radical (unpaired) electrons. The highest BCUT2D eigenvalue weighted by atomic mass is 35.5. The molecule has 0 atom stereocenters. The summed E-state index contributed by atoms with van der Waals surface area (Å²) in [6.45, 7) is 4.65. The van der Waals surface area contributed by atoms with Crippen LogP contribution in [0.1, 0.15) is 12.8 Å². The van der Waals surface area contributed by atoms with Crippen molar-refractivity contribution in [3.8, 4) is 5.75 Å². The summed E-state index contributed by atoms with van der Waals surface area (Å²) in [5.74, 6) is 1.68. The Balaban J connectivity index is 0.00000264. The molecule has 23 heavy (non-hydrogen) atoms. The first-order valence-electron chi connectivity index (χ1n) is 8.09. The van der Waals surface area contributed by atoms with Crippen LogP contribution < -0.4 is 15.4 Å². The molecule has 0 aliphatic carbocycles. The molecule has 0 spiro atoms. The van der Waals surface area contributed by atoms with Crippen molar-refractivity contribution >= 4 is 18.3 Å². The van der Waals surface area contributed by atoms with Crippen molar-refractivity contribution in [3.63, 3.8) is 0 Å². The van der Waals surface area contributed by atoms with Crippen LogP contribution in [-0.4, -0.2) is 57.2 Å². The highest BCUT2D eigenvalue weighted by molar-refractivity contribution is 5.85. The average molecular weight is 342 g/mol. The number of piperidine rings is 1. The highest BCUT2D eigenvalue weighted by Crippen LogP contribution is 2.15. The van der Waals surface area contributed by atoms with Gasteiger partial charge in [0.15, 0.2) is 0 Å². The first kappa shape index (κ1) is 19.7. The summed E-state index contributed by atoms with van der Waals surface area (Å²) < 4.78 is 5.55. The van der Waals surface area contributed by atoms with Gasteiger partial charge in [-0.2, -0.15) is 0 Å². The molecule has 1 aliphatic rings. The zero-order valence-corrected chi connectivity index (χ0v) is 14.6. The van der Waals surface area contributed by atoms with Gasteiger partial charge < -0.3 is 15.4 Å². The number of rotatable bonds is 8. The highest BCUT2D eigenvalue weighted by Gasteiger charge is 2.19. The maximum absolute atomic E-state index is 11.9. The Hall–Kier alpha value is -1.30. The molecule has 1 amide bonds. The molecule has 1 aromatic carbocycles. The van der Waals surface area contributed by atoms with Crippen LogP contribution in [0.2, 0.25) is 0 Å². The predicted octanol–water partition coefficient (Wildman–Crippen LogP) is 1.53. The average Bonchev–Trinajstić information content (AvgIpc) is 2.55. The van der Waals surface area contributed by atoms with E-state index in [1.807, 2.05) is 37.4 Å². The second kappa shape index (κ2) is 11.3. The van der Waals surface area contributed by atoms with Gasteiger partial charge in [-0.3, -0.25) is 9.69 Å². The van der Waals surface area contributed by atoms with Gasteiger partial charge in [-0.1, -0.05) is 18.2 Å². The smallest absolute Gasteiger partial charge is 0.234 e. The van der Waals surface area contributed by atoms with E-state index >= 15 is 0 Å². The molecular formula is C17H28ClN3O2. The zero-order chi connectivity index (χ0) is 15.6. The second-order valence-corrected chi connectivity index (χ2v) is 5.79. The Morgan fingerprint density at radius 2 is 1.96 bits per heavy atom. The Morgan fingerprint density at radius 3 is 2.61 bits per heavy atom. The van der Waals surface area contributed by atoms with E-state index in [-0.39, 0.29) is 18.3 Å². The summed E-state index contributed by atoms with van der Waals surface area (Å²) in [5, 5.41) is 6.15. The van der Waals surface area contributed by atoms with Crippen molar-refractivity contribution in [1.29, 1.82) is 0 Å². The maximum Gasteiger partial charge on any atom is 0.234 e. The van der Waals surface area contributed by atoms with Crippen LogP contribution in [-0.2, 0) is 4.79 Å². The summed E-state index contributed by atoms with van der Waals surface area (Å²) >= 11 is 0. The number of carbonyl (C=O) groups is 1. The minimum Gasteiger partial charge on any atom is -0.492 e. The van der Waals surface area contributed by atoms with Crippen molar-refractivity contribution in [2.75, 3.05) is 46.4 Å². The van der Waals surface area contributed by atoms with Crippen molar-refractivity contribution in [2.24, 2.45) is 5.92 Å². The number of nitrogens with zero attached hydrogens (tertiary/aromatic N) is 1. The third-order valence-electron chi connectivity index (χ3n) is 4.00. The topological polar surface area (TPSA) is 53.6 Å². The number of halogens is 1. The number of likely N-dealkylation sites (tertiary alicyclic amines) is 1. The molecular weight excluding hydrogens is 314 g/mol. The zero-order valence-electron chi connectivity index (χ0n) is 13.8. The molecule has 1 saturated heterocycles. The number of nitrogens with one attached hydrogen (secondary N) is 2. The van der Waals surface area contributed by atoms with E-state index in [0.717, 1.165) is 31.3 Å². The first-order valence-corrected chi connectivity index (χ1v) is 8.09. The van der Waals surface area contributed by atoms with Crippen molar-refractivity contribution in [2.45, 2.75) is 12.8 Å². The first-order chi connectivity index (χ1) is 10.8. The SMILES string of the molecule is CNCC1CCN(CC(=O)NCCOc2ccccc2)CC1.Cl. The standard InChI is InChI=1S/C17H27N3O2.ClH/c1-18-13-15-7-10-20(11-8-15)14-17(21)19-9-12-22-16-5-3-2-4-6-16;/h2-6,15,18H,7-14H2,1H3,(H,19,21);1H. The van der Waals surface area contributed by atoms with Crippen LogP contribution >= 0.6 is 12.4 Å². The lowest BCUT2D eigenvalue weighted by Crippen LogP contribution is -2.43. The number of hydrogen-bond donors (Lipinski definition) is 2. The molecule has 2 rings (SSSR count). The largest absolute Gasteiger partial charge is 0.492 e. The Bertz CT molecular complexity index is 437. The quantitative estimate of drug-likeness (QED) is 0.704. The van der Waals surface area contributed by atoms with E-state index in [4.69, 9.17) is 4.74 Å². The molecule has 0 saturated carbocycles. The summed E-state index contributed by atoms with van der Waals surface area (Å²) in [7, 11) is 2.00. The Labute approximate surface area is 145 Å². The number of para-hydroxylation sites is 1. The van der Waals surface area contributed by atoms with E-state index in [9.17, 15) is 4.79 Å². The molecule has 0 bridgehead atoms. The number of amides is 1. The van der Waals surface area contributed by atoms with Crippen LogP contribution in [0.5, 0.6) is 5.75 Å². The Morgan fingerprint density at radius 1 is 1.26 bits per heavy atom. The summed E-state index contributed by atoms with van der Waals surface area (Å²) in [5.41, 5.74) is 0. The Kier molecular flexibility index (Phi) is 9.67. The molecule has 1 fully saturated rings. The van der Waals surface area contributed by atoms with E-state index < -0.39 is 0 Å². The van der Waals surface area contributed by atoms with Gasteiger partial charge in [0.1, 0.15) is 12.4 Å². The molecule has 0 aromatic heterocycles. The molecule has 130 valence electrons. The van der Waals surface area contributed by atoms with Crippen LogP contribution in [0.15, 0.2) is 30.3 Å². The molecule has 2 N–H and O–H groups in total. The minimum atomic E-state index is 0. The summed E-state index contributed by atoms with van der Waals surface area (Å²) in [6, 6.07) is 9.65. The van der Waals surface area contributed by atoms with Crippen molar-refractivity contribution in [3.05, 3.63) is 30.3 Å². The normalized spacial score (nSPS) is 15.7. The number of benzene rings is 1. The molecule has 1 heterocycles. The van der Waals surface area contributed by atoms with Crippen LogP contribution in [0, 0.1) is 5.92 Å².